The van der Waals surface area contributed by atoms with Gasteiger partial charge in [0.15, 0.2) is 6.61 Å². The Bertz CT molecular complexity index is 760. The molecule has 3 N–H and O–H groups in total. The summed E-state index contributed by atoms with van der Waals surface area (Å²) in [7, 11) is 0. The standard InChI is InChI=1S/C18H19BrN2O4/c1-11(2)25-16-9-12(19)3-8-15(16)18(23)21-13-4-6-14(7-5-13)24-10-17(20)22/h3-9,11H,10H2,1-2H3,(H2,20,22)(H,21,23). The summed E-state index contributed by atoms with van der Waals surface area (Å²) in [5.41, 5.74) is 6.05. The monoisotopic (exact) mass is 406 g/mol. The Morgan fingerprint density at radius 3 is 2.44 bits per heavy atom. The number of benzene rings is 2. The lowest BCUT2D eigenvalue weighted by Gasteiger charge is -2.15. The Morgan fingerprint density at radius 1 is 1.16 bits per heavy atom. The average molecular weight is 407 g/mol. The summed E-state index contributed by atoms with van der Waals surface area (Å²) in [4.78, 5) is 23.2. The minimum Gasteiger partial charge on any atom is -0.490 e. The molecule has 0 atom stereocenters. The third kappa shape index (κ3) is 5.79. The van der Waals surface area contributed by atoms with Gasteiger partial charge in [-0.15, -0.1) is 0 Å². The first kappa shape index (κ1) is 18.8. The van der Waals surface area contributed by atoms with Gasteiger partial charge in [0, 0.05) is 10.2 Å². The number of primary amides is 1. The Labute approximate surface area is 154 Å². The van der Waals surface area contributed by atoms with E-state index in [0.717, 1.165) is 4.47 Å². The van der Waals surface area contributed by atoms with E-state index in [1.54, 1.807) is 42.5 Å². The second-order valence-corrected chi connectivity index (χ2v) is 6.46. The van der Waals surface area contributed by atoms with Gasteiger partial charge in [-0.3, -0.25) is 9.59 Å². The molecule has 0 spiro atoms. The van der Waals surface area contributed by atoms with Crippen LogP contribution in [0.3, 0.4) is 0 Å². The molecule has 0 aliphatic carbocycles. The molecule has 0 saturated carbocycles. The Kier molecular flexibility index (Phi) is 6.41. The molecule has 2 amide bonds. The number of hydrogen-bond donors (Lipinski definition) is 2. The van der Waals surface area contributed by atoms with Crippen molar-refractivity contribution in [2.75, 3.05) is 11.9 Å². The molecule has 0 aliphatic heterocycles. The van der Waals surface area contributed by atoms with Crippen LogP contribution in [0.25, 0.3) is 0 Å². The fourth-order valence-electron chi connectivity index (χ4n) is 2.02. The number of nitrogens with one attached hydrogen (secondary N) is 1. The summed E-state index contributed by atoms with van der Waals surface area (Å²) >= 11 is 3.38. The van der Waals surface area contributed by atoms with Gasteiger partial charge >= 0.3 is 0 Å². The Hall–Kier alpha value is -2.54. The first-order valence-corrected chi connectivity index (χ1v) is 8.43. The number of carbonyl (C=O) groups excluding carboxylic acids is 2. The van der Waals surface area contributed by atoms with Crippen LogP contribution < -0.4 is 20.5 Å². The van der Waals surface area contributed by atoms with Gasteiger partial charge in [-0.25, -0.2) is 0 Å². The number of amides is 2. The molecule has 0 aromatic heterocycles. The minimum absolute atomic E-state index is 0.0532. The van der Waals surface area contributed by atoms with Crippen molar-refractivity contribution in [3.8, 4) is 11.5 Å². The number of carbonyl (C=O) groups is 2. The molecule has 2 aromatic carbocycles. The fraction of sp³-hybridized carbons (Fsp3) is 0.222. The maximum atomic E-state index is 12.5. The highest BCUT2D eigenvalue weighted by atomic mass is 79.9. The zero-order chi connectivity index (χ0) is 18.4. The van der Waals surface area contributed by atoms with Gasteiger partial charge < -0.3 is 20.5 Å². The zero-order valence-corrected chi connectivity index (χ0v) is 15.5. The third-order valence-corrected chi connectivity index (χ3v) is 3.54. The van der Waals surface area contributed by atoms with Crippen molar-refractivity contribution in [1.29, 1.82) is 0 Å². The highest BCUT2D eigenvalue weighted by Gasteiger charge is 2.14. The van der Waals surface area contributed by atoms with Crippen LogP contribution >= 0.6 is 15.9 Å². The molecule has 132 valence electrons. The highest BCUT2D eigenvalue weighted by molar-refractivity contribution is 9.10. The van der Waals surface area contributed by atoms with Crippen LogP contribution in [0.5, 0.6) is 11.5 Å². The van der Waals surface area contributed by atoms with E-state index < -0.39 is 5.91 Å². The predicted molar refractivity (Wildman–Crippen MR) is 99.0 cm³/mol. The normalized spacial score (nSPS) is 10.4. The van der Waals surface area contributed by atoms with Gasteiger partial charge in [0.05, 0.1) is 11.7 Å². The van der Waals surface area contributed by atoms with Gasteiger partial charge in [0.1, 0.15) is 11.5 Å². The molecule has 0 fully saturated rings. The maximum absolute atomic E-state index is 12.5. The molecule has 0 heterocycles. The molecule has 6 nitrogen and oxygen atoms in total. The predicted octanol–water partition coefficient (Wildman–Crippen LogP) is 3.35. The topological polar surface area (TPSA) is 90.7 Å². The van der Waals surface area contributed by atoms with E-state index in [1.807, 2.05) is 13.8 Å². The average Bonchev–Trinajstić information content (AvgIpc) is 2.53. The van der Waals surface area contributed by atoms with Crippen LogP contribution in [0.1, 0.15) is 24.2 Å². The van der Waals surface area contributed by atoms with Gasteiger partial charge in [0.2, 0.25) is 0 Å². The number of hydrogen-bond acceptors (Lipinski definition) is 4. The van der Waals surface area contributed by atoms with E-state index in [-0.39, 0.29) is 18.6 Å². The number of halogens is 1. The lowest BCUT2D eigenvalue weighted by atomic mass is 10.1. The van der Waals surface area contributed by atoms with Crippen LogP contribution in [-0.2, 0) is 4.79 Å². The molecule has 0 saturated heterocycles. The molecule has 0 aliphatic rings. The second-order valence-electron chi connectivity index (χ2n) is 5.54. The van der Waals surface area contributed by atoms with Crippen LogP contribution in [0.4, 0.5) is 5.69 Å². The first-order chi connectivity index (χ1) is 11.8. The largest absolute Gasteiger partial charge is 0.490 e. The van der Waals surface area contributed by atoms with Gasteiger partial charge in [0.25, 0.3) is 11.8 Å². The number of nitrogens with two attached hydrogens (primary N) is 1. The Balaban J connectivity index is 2.10. The first-order valence-electron chi connectivity index (χ1n) is 7.64. The molecule has 7 heteroatoms. The molecular weight excluding hydrogens is 388 g/mol. The molecule has 25 heavy (non-hydrogen) atoms. The molecule has 0 radical (unpaired) electrons. The summed E-state index contributed by atoms with van der Waals surface area (Å²) < 4.78 is 11.7. The zero-order valence-electron chi connectivity index (χ0n) is 13.9. The van der Waals surface area contributed by atoms with E-state index >= 15 is 0 Å². The lowest BCUT2D eigenvalue weighted by molar-refractivity contribution is -0.119. The van der Waals surface area contributed by atoms with Crippen molar-refractivity contribution in [2.24, 2.45) is 5.73 Å². The number of rotatable bonds is 7. The van der Waals surface area contributed by atoms with Crippen molar-refractivity contribution in [3.63, 3.8) is 0 Å². The summed E-state index contributed by atoms with van der Waals surface area (Å²) in [6.07, 6.45) is -0.0532. The van der Waals surface area contributed by atoms with Gasteiger partial charge in [-0.05, 0) is 56.3 Å². The van der Waals surface area contributed by atoms with Gasteiger partial charge in [-0.2, -0.15) is 0 Å². The quantitative estimate of drug-likeness (QED) is 0.737. The summed E-state index contributed by atoms with van der Waals surface area (Å²) in [5.74, 6) is 0.159. The SMILES string of the molecule is CC(C)Oc1cc(Br)ccc1C(=O)Nc1ccc(OCC(N)=O)cc1. The maximum Gasteiger partial charge on any atom is 0.259 e. The smallest absolute Gasteiger partial charge is 0.259 e. The van der Waals surface area contributed by atoms with Crippen LogP contribution in [0.15, 0.2) is 46.9 Å². The molecule has 0 unspecified atom stereocenters. The summed E-state index contributed by atoms with van der Waals surface area (Å²) in [6, 6.07) is 11.9. The molecular formula is C18H19BrN2O4. The van der Waals surface area contributed by atoms with E-state index in [9.17, 15) is 9.59 Å². The number of anilines is 1. The second kappa shape index (κ2) is 8.53. The van der Waals surface area contributed by atoms with E-state index in [4.69, 9.17) is 15.2 Å². The highest BCUT2D eigenvalue weighted by Crippen LogP contribution is 2.26. The van der Waals surface area contributed by atoms with Crippen molar-refractivity contribution in [1.82, 2.24) is 0 Å². The summed E-state index contributed by atoms with van der Waals surface area (Å²) in [5, 5.41) is 2.80. The van der Waals surface area contributed by atoms with Crippen molar-refractivity contribution in [3.05, 3.63) is 52.5 Å². The Morgan fingerprint density at radius 2 is 1.84 bits per heavy atom. The van der Waals surface area contributed by atoms with Gasteiger partial charge in [-0.1, -0.05) is 15.9 Å². The molecule has 2 rings (SSSR count). The number of ether oxygens (including phenoxy) is 2. The summed E-state index contributed by atoms with van der Waals surface area (Å²) in [6.45, 7) is 3.60. The molecule has 0 bridgehead atoms. The van der Waals surface area contributed by atoms with Crippen LogP contribution in [-0.4, -0.2) is 24.5 Å². The third-order valence-electron chi connectivity index (χ3n) is 3.04. The van der Waals surface area contributed by atoms with Crippen LogP contribution in [0.2, 0.25) is 0 Å². The van der Waals surface area contributed by atoms with Crippen LogP contribution in [0, 0.1) is 0 Å². The minimum atomic E-state index is -0.551. The molecule has 2 aromatic rings. The van der Waals surface area contributed by atoms with E-state index in [0.29, 0.717) is 22.7 Å². The van der Waals surface area contributed by atoms with Crippen molar-refractivity contribution < 1.29 is 19.1 Å². The van der Waals surface area contributed by atoms with Crippen molar-refractivity contribution in [2.45, 2.75) is 20.0 Å². The van der Waals surface area contributed by atoms with E-state index in [2.05, 4.69) is 21.2 Å². The fourth-order valence-corrected chi connectivity index (χ4v) is 2.36. The van der Waals surface area contributed by atoms with Crippen molar-refractivity contribution >= 4 is 33.4 Å². The lowest BCUT2D eigenvalue weighted by Crippen LogP contribution is -2.20. The van der Waals surface area contributed by atoms with E-state index in [1.165, 1.54) is 0 Å².